The van der Waals surface area contributed by atoms with E-state index in [1.54, 1.807) is 0 Å². The Morgan fingerprint density at radius 2 is 1.90 bits per heavy atom. The number of halogens is 3. The molecule has 0 atom stereocenters. The molecule has 2 aliphatic heterocycles. The van der Waals surface area contributed by atoms with Crippen LogP contribution in [-0.2, 0) is 28.6 Å². The molecular weight excluding hydrogens is 389 g/mol. The lowest BCUT2D eigenvalue weighted by Crippen LogP contribution is -2.46. The highest BCUT2D eigenvalue weighted by molar-refractivity contribution is 6.06. The number of amides is 1. The number of aromatic nitrogens is 2. The van der Waals surface area contributed by atoms with Crippen LogP contribution < -0.4 is 5.32 Å². The van der Waals surface area contributed by atoms with Crippen LogP contribution in [0, 0.1) is 0 Å². The molecule has 2 aliphatic rings. The molecular formula is C19H21F3N4O3. The second kappa shape index (κ2) is 7.86. The average molecular weight is 410 g/mol. The lowest BCUT2D eigenvalue weighted by molar-refractivity contribution is -0.192. The summed E-state index contributed by atoms with van der Waals surface area (Å²) < 4.78 is 33.6. The van der Waals surface area contributed by atoms with Crippen molar-refractivity contribution in [2.75, 3.05) is 18.4 Å². The Kier molecular flexibility index (Phi) is 5.65. The predicted octanol–water partition coefficient (Wildman–Crippen LogP) is 2.54. The third-order valence-corrected chi connectivity index (χ3v) is 5.24. The number of nitrogens with one attached hydrogen (secondary N) is 1. The minimum Gasteiger partial charge on any atom is -0.475 e. The number of aryl methyl sites for hydroxylation is 1. The summed E-state index contributed by atoms with van der Waals surface area (Å²) in [5.41, 5.74) is 3.09. The van der Waals surface area contributed by atoms with Gasteiger partial charge in [0.25, 0.3) is 0 Å². The molecule has 0 aliphatic carbocycles. The second-order valence-corrected chi connectivity index (χ2v) is 7.18. The third kappa shape index (κ3) is 4.42. The molecule has 1 spiro atoms. The minimum absolute atomic E-state index is 0.176. The number of carboxylic acids is 1. The molecule has 0 saturated carbocycles. The number of piperidine rings is 1. The zero-order chi connectivity index (χ0) is 21.2. The van der Waals surface area contributed by atoms with Crippen molar-refractivity contribution >= 4 is 17.6 Å². The van der Waals surface area contributed by atoms with E-state index >= 15 is 0 Å². The number of anilines is 1. The molecule has 29 heavy (non-hydrogen) atoms. The van der Waals surface area contributed by atoms with Crippen molar-refractivity contribution in [1.82, 2.24) is 14.7 Å². The van der Waals surface area contributed by atoms with Crippen molar-refractivity contribution in [3.8, 4) is 0 Å². The maximum absolute atomic E-state index is 12.5. The fourth-order valence-corrected chi connectivity index (χ4v) is 3.77. The summed E-state index contributed by atoms with van der Waals surface area (Å²) in [6.45, 7) is 2.79. The first kappa shape index (κ1) is 20.8. The summed E-state index contributed by atoms with van der Waals surface area (Å²) in [6, 6.07) is 8.12. The number of fused-ring (bicyclic) bond motifs is 2. The van der Waals surface area contributed by atoms with Gasteiger partial charge in [-0.15, -0.1) is 0 Å². The van der Waals surface area contributed by atoms with Crippen LogP contribution in [0.1, 0.15) is 24.0 Å². The van der Waals surface area contributed by atoms with Crippen LogP contribution in [0.25, 0.3) is 0 Å². The molecule has 1 aromatic heterocycles. The van der Waals surface area contributed by atoms with Gasteiger partial charge in [0, 0.05) is 31.0 Å². The van der Waals surface area contributed by atoms with Crippen molar-refractivity contribution in [2.45, 2.75) is 31.0 Å². The maximum Gasteiger partial charge on any atom is 0.490 e. The quantitative estimate of drug-likeness (QED) is 0.795. The molecule has 2 aromatic rings. The fraction of sp³-hybridized carbons (Fsp3) is 0.421. The van der Waals surface area contributed by atoms with Gasteiger partial charge in [0.2, 0.25) is 5.91 Å². The molecule has 1 amide bonds. The second-order valence-electron chi connectivity index (χ2n) is 7.18. The molecule has 1 saturated heterocycles. The molecule has 1 fully saturated rings. The van der Waals surface area contributed by atoms with Gasteiger partial charge >= 0.3 is 12.1 Å². The average Bonchev–Trinajstić information content (AvgIpc) is 3.18. The van der Waals surface area contributed by atoms with Gasteiger partial charge in [0.05, 0.1) is 11.6 Å². The number of nitrogens with zero attached hydrogens (tertiary/aromatic N) is 3. The fourth-order valence-electron chi connectivity index (χ4n) is 3.77. The van der Waals surface area contributed by atoms with Crippen LogP contribution in [0.3, 0.4) is 0 Å². The number of carbonyl (C=O) groups is 2. The topological polar surface area (TPSA) is 87.5 Å². The standard InChI is InChI=1S/C17H20N4O.C2HF3O2/c1-20-11-13(10-18-20)12-21-8-6-17(7-9-21)14-4-2-3-5-15(14)19-16(17)22;3-2(4,5)1(6)7/h2-5,10-11H,6-9,12H2,1H3,(H,19,22);(H,6,7). The molecule has 1 aromatic carbocycles. The monoisotopic (exact) mass is 410 g/mol. The largest absolute Gasteiger partial charge is 0.490 e. The number of hydrogen-bond donors (Lipinski definition) is 2. The molecule has 7 nitrogen and oxygen atoms in total. The molecule has 10 heteroatoms. The van der Waals surface area contributed by atoms with Crippen molar-refractivity contribution in [3.63, 3.8) is 0 Å². The van der Waals surface area contributed by atoms with Gasteiger partial charge in [-0.25, -0.2) is 4.79 Å². The summed E-state index contributed by atoms with van der Waals surface area (Å²) in [6.07, 6.45) is 0.663. The van der Waals surface area contributed by atoms with E-state index in [4.69, 9.17) is 9.90 Å². The number of para-hydroxylation sites is 1. The number of aliphatic carboxylic acids is 1. The first-order chi connectivity index (χ1) is 13.6. The van der Waals surface area contributed by atoms with E-state index in [0.29, 0.717) is 0 Å². The molecule has 156 valence electrons. The summed E-state index contributed by atoms with van der Waals surface area (Å²) in [5, 5.41) is 14.4. The Balaban J connectivity index is 0.000000298. The van der Waals surface area contributed by atoms with E-state index in [2.05, 4.69) is 27.6 Å². The van der Waals surface area contributed by atoms with Gasteiger partial charge in [-0.3, -0.25) is 14.4 Å². The Hall–Kier alpha value is -2.88. The zero-order valence-corrected chi connectivity index (χ0v) is 15.7. The molecule has 0 unspecified atom stereocenters. The van der Waals surface area contributed by atoms with E-state index in [0.717, 1.165) is 38.2 Å². The summed E-state index contributed by atoms with van der Waals surface area (Å²) in [7, 11) is 1.94. The Morgan fingerprint density at radius 1 is 1.28 bits per heavy atom. The van der Waals surface area contributed by atoms with Crippen LogP contribution >= 0.6 is 0 Å². The van der Waals surface area contributed by atoms with E-state index in [9.17, 15) is 18.0 Å². The van der Waals surface area contributed by atoms with Gasteiger partial charge in [-0.2, -0.15) is 18.3 Å². The predicted molar refractivity (Wildman–Crippen MR) is 98.2 cm³/mol. The highest BCUT2D eigenvalue weighted by Crippen LogP contribution is 2.44. The highest BCUT2D eigenvalue weighted by Gasteiger charge is 2.48. The number of benzene rings is 1. The first-order valence-electron chi connectivity index (χ1n) is 9.03. The maximum atomic E-state index is 12.5. The van der Waals surface area contributed by atoms with Crippen LogP contribution in [-0.4, -0.2) is 50.9 Å². The summed E-state index contributed by atoms with van der Waals surface area (Å²) in [4.78, 5) is 23.8. The molecule has 2 N–H and O–H groups in total. The number of likely N-dealkylation sites (tertiary alicyclic amines) is 1. The van der Waals surface area contributed by atoms with Gasteiger partial charge in [-0.1, -0.05) is 18.2 Å². The summed E-state index contributed by atoms with van der Waals surface area (Å²) >= 11 is 0. The van der Waals surface area contributed by atoms with Gasteiger partial charge in [-0.05, 0) is 37.6 Å². The van der Waals surface area contributed by atoms with Crippen LogP contribution in [0.5, 0.6) is 0 Å². The van der Waals surface area contributed by atoms with E-state index in [-0.39, 0.29) is 11.3 Å². The zero-order valence-electron chi connectivity index (χ0n) is 15.7. The first-order valence-corrected chi connectivity index (χ1v) is 9.03. The van der Waals surface area contributed by atoms with Gasteiger partial charge in [0.15, 0.2) is 0 Å². The smallest absolute Gasteiger partial charge is 0.475 e. The number of rotatable bonds is 2. The normalized spacial score (nSPS) is 18.0. The third-order valence-electron chi connectivity index (χ3n) is 5.24. The van der Waals surface area contributed by atoms with Crippen molar-refractivity contribution < 1.29 is 27.9 Å². The molecule has 0 radical (unpaired) electrons. The van der Waals surface area contributed by atoms with Crippen molar-refractivity contribution in [3.05, 3.63) is 47.8 Å². The van der Waals surface area contributed by atoms with E-state index in [1.807, 2.05) is 36.1 Å². The van der Waals surface area contributed by atoms with E-state index < -0.39 is 12.1 Å². The molecule has 4 rings (SSSR count). The number of alkyl halides is 3. The molecule has 0 bridgehead atoms. The lowest BCUT2D eigenvalue weighted by Gasteiger charge is -2.37. The van der Waals surface area contributed by atoms with E-state index in [1.165, 1.54) is 11.1 Å². The molecule has 3 heterocycles. The Bertz CT molecular complexity index is 902. The van der Waals surface area contributed by atoms with Gasteiger partial charge < -0.3 is 10.4 Å². The number of hydrogen-bond acceptors (Lipinski definition) is 4. The van der Waals surface area contributed by atoms with Crippen LogP contribution in [0.2, 0.25) is 0 Å². The lowest BCUT2D eigenvalue weighted by atomic mass is 9.73. The Labute approximate surface area is 165 Å². The van der Waals surface area contributed by atoms with Crippen molar-refractivity contribution in [2.24, 2.45) is 7.05 Å². The van der Waals surface area contributed by atoms with Crippen molar-refractivity contribution in [1.29, 1.82) is 0 Å². The highest BCUT2D eigenvalue weighted by atomic mass is 19.4. The van der Waals surface area contributed by atoms with Crippen LogP contribution in [0.15, 0.2) is 36.7 Å². The summed E-state index contributed by atoms with van der Waals surface area (Å²) in [5.74, 6) is -2.58. The SMILES string of the molecule is Cn1cc(CN2CCC3(CC2)C(=O)Nc2ccccc23)cn1.O=C(O)C(F)(F)F. The number of carbonyl (C=O) groups excluding carboxylic acids is 1. The Morgan fingerprint density at radius 3 is 2.45 bits per heavy atom. The minimum atomic E-state index is -5.08. The van der Waals surface area contributed by atoms with Crippen LogP contribution in [0.4, 0.5) is 18.9 Å². The number of carboxylic acid groups (broad SMARTS) is 1. The van der Waals surface area contributed by atoms with Gasteiger partial charge in [0.1, 0.15) is 0 Å².